The highest BCUT2D eigenvalue weighted by atomic mass is 35.5. The van der Waals surface area contributed by atoms with Crippen molar-refractivity contribution in [3.05, 3.63) is 34.3 Å². The second kappa shape index (κ2) is 5.66. The van der Waals surface area contributed by atoms with Crippen LogP contribution in [0.15, 0.2) is 18.2 Å². The van der Waals surface area contributed by atoms with Crippen LogP contribution in [0.5, 0.6) is 0 Å². The Morgan fingerprint density at radius 1 is 1.31 bits per heavy atom. The minimum Gasteiger partial charge on any atom is -0.481 e. The lowest BCUT2D eigenvalue weighted by molar-refractivity contribution is -0.137. The molecule has 0 aliphatic carbocycles. The summed E-state index contributed by atoms with van der Waals surface area (Å²) in [5, 5.41) is 9.02. The molecule has 0 radical (unpaired) electrons. The third-order valence-electron chi connectivity index (χ3n) is 2.36. The molecule has 1 aromatic carbocycles. The molecule has 0 unspecified atom stereocenters. The van der Waals surface area contributed by atoms with E-state index in [1.165, 1.54) is 0 Å². The molecule has 0 saturated heterocycles. The summed E-state index contributed by atoms with van der Waals surface area (Å²) in [5.41, 5.74) is 1.34. The molecule has 1 aromatic rings. The summed E-state index contributed by atoms with van der Waals surface area (Å²) < 4.78 is 0. The van der Waals surface area contributed by atoms with Crippen LogP contribution < -0.4 is 0 Å². The molecular weight excluding hydrogens is 228 g/mol. The lowest BCUT2D eigenvalue weighted by Crippen LogP contribution is -2.03. The zero-order valence-corrected chi connectivity index (χ0v) is 9.75. The van der Waals surface area contributed by atoms with Crippen LogP contribution in [0.3, 0.4) is 0 Å². The molecule has 0 aliphatic heterocycles. The number of Topliss-reactive ketones (excluding diaryl/α,β-unsaturated/α-hetero) is 1. The van der Waals surface area contributed by atoms with Gasteiger partial charge in [-0.05, 0) is 25.0 Å². The molecule has 0 aromatic heterocycles. The first-order chi connectivity index (χ1) is 7.52. The van der Waals surface area contributed by atoms with Crippen molar-refractivity contribution in [3.8, 4) is 0 Å². The summed E-state index contributed by atoms with van der Waals surface area (Å²) in [6, 6.07) is 5.16. The number of halogens is 1. The summed E-state index contributed by atoms with van der Waals surface area (Å²) in [6.45, 7) is 1.78. The van der Waals surface area contributed by atoms with E-state index in [4.69, 9.17) is 16.7 Å². The van der Waals surface area contributed by atoms with Crippen LogP contribution in [-0.2, 0) is 4.79 Å². The molecule has 16 heavy (non-hydrogen) atoms. The van der Waals surface area contributed by atoms with Crippen molar-refractivity contribution < 1.29 is 14.7 Å². The average Bonchev–Trinajstić information content (AvgIpc) is 2.21. The van der Waals surface area contributed by atoms with Crippen molar-refractivity contribution in [2.24, 2.45) is 0 Å². The van der Waals surface area contributed by atoms with E-state index < -0.39 is 5.97 Å². The van der Waals surface area contributed by atoms with Gasteiger partial charge in [-0.2, -0.15) is 0 Å². The van der Waals surface area contributed by atoms with Crippen LogP contribution in [0.1, 0.15) is 35.2 Å². The second-order valence-electron chi connectivity index (χ2n) is 3.58. The van der Waals surface area contributed by atoms with E-state index in [0.717, 1.165) is 5.56 Å². The standard InChI is InChI=1S/C12H13ClO3/c1-8-9(4-2-5-10(8)13)11(14)6-3-7-12(15)16/h2,4-5H,3,6-7H2,1H3,(H,15,16). The van der Waals surface area contributed by atoms with Gasteiger partial charge in [0.2, 0.25) is 0 Å². The predicted octanol–water partition coefficient (Wildman–Crippen LogP) is 3.09. The molecular formula is C12H13ClO3. The van der Waals surface area contributed by atoms with Crippen molar-refractivity contribution in [1.82, 2.24) is 0 Å². The largest absolute Gasteiger partial charge is 0.481 e. The number of hydrogen-bond acceptors (Lipinski definition) is 2. The van der Waals surface area contributed by atoms with Crippen molar-refractivity contribution in [2.45, 2.75) is 26.2 Å². The van der Waals surface area contributed by atoms with Crippen LogP contribution >= 0.6 is 11.6 Å². The molecule has 4 heteroatoms. The van der Waals surface area contributed by atoms with E-state index in [1.807, 2.05) is 0 Å². The lowest BCUT2D eigenvalue weighted by atomic mass is 10.0. The Bertz CT molecular complexity index is 413. The molecule has 0 spiro atoms. The summed E-state index contributed by atoms with van der Waals surface area (Å²) in [5.74, 6) is -0.933. The number of carboxylic acid groups (broad SMARTS) is 1. The Morgan fingerprint density at radius 2 is 2.00 bits per heavy atom. The quantitative estimate of drug-likeness (QED) is 0.805. The number of ketones is 1. The maximum absolute atomic E-state index is 11.7. The summed E-state index contributed by atoms with van der Waals surface area (Å²) in [7, 11) is 0. The molecule has 0 atom stereocenters. The minimum absolute atomic E-state index is 0.0192. The third-order valence-corrected chi connectivity index (χ3v) is 2.77. The van der Waals surface area contributed by atoms with Crippen LogP contribution in [0.4, 0.5) is 0 Å². The van der Waals surface area contributed by atoms with Gasteiger partial charge in [0.1, 0.15) is 0 Å². The number of hydrogen-bond donors (Lipinski definition) is 1. The van der Waals surface area contributed by atoms with Gasteiger partial charge in [0.05, 0.1) is 0 Å². The van der Waals surface area contributed by atoms with Gasteiger partial charge in [-0.15, -0.1) is 0 Å². The number of carbonyl (C=O) groups excluding carboxylic acids is 1. The van der Waals surface area contributed by atoms with Gasteiger partial charge in [0.15, 0.2) is 5.78 Å². The predicted molar refractivity (Wildman–Crippen MR) is 62.0 cm³/mol. The van der Waals surface area contributed by atoms with Gasteiger partial charge in [0.25, 0.3) is 0 Å². The molecule has 0 amide bonds. The molecule has 0 fully saturated rings. The fraction of sp³-hybridized carbons (Fsp3) is 0.333. The van der Waals surface area contributed by atoms with Crippen molar-refractivity contribution in [2.75, 3.05) is 0 Å². The molecule has 0 saturated carbocycles. The molecule has 0 bridgehead atoms. The van der Waals surface area contributed by atoms with Gasteiger partial charge in [-0.1, -0.05) is 23.7 Å². The van der Waals surface area contributed by atoms with E-state index in [1.54, 1.807) is 25.1 Å². The molecule has 0 aliphatic rings. The van der Waals surface area contributed by atoms with Gasteiger partial charge < -0.3 is 5.11 Å². The normalized spacial score (nSPS) is 10.1. The fourth-order valence-electron chi connectivity index (χ4n) is 1.44. The van der Waals surface area contributed by atoms with E-state index in [-0.39, 0.29) is 18.6 Å². The van der Waals surface area contributed by atoms with Gasteiger partial charge in [-0.25, -0.2) is 0 Å². The maximum Gasteiger partial charge on any atom is 0.303 e. The van der Waals surface area contributed by atoms with Crippen molar-refractivity contribution >= 4 is 23.4 Å². The lowest BCUT2D eigenvalue weighted by Gasteiger charge is -2.05. The highest BCUT2D eigenvalue weighted by Gasteiger charge is 2.11. The number of rotatable bonds is 5. The SMILES string of the molecule is Cc1c(Cl)cccc1C(=O)CCCC(=O)O. The number of aliphatic carboxylic acids is 1. The Labute approximate surface area is 99.0 Å². The highest BCUT2D eigenvalue weighted by Crippen LogP contribution is 2.20. The number of benzene rings is 1. The fourth-order valence-corrected chi connectivity index (χ4v) is 1.62. The van der Waals surface area contributed by atoms with Gasteiger partial charge in [-0.3, -0.25) is 9.59 Å². The van der Waals surface area contributed by atoms with Crippen molar-refractivity contribution in [1.29, 1.82) is 0 Å². The van der Waals surface area contributed by atoms with Crippen molar-refractivity contribution in [3.63, 3.8) is 0 Å². The molecule has 0 heterocycles. The van der Waals surface area contributed by atoms with Crippen LogP contribution in [0.2, 0.25) is 5.02 Å². The minimum atomic E-state index is -0.879. The van der Waals surface area contributed by atoms with Gasteiger partial charge in [0, 0.05) is 23.4 Å². The smallest absolute Gasteiger partial charge is 0.303 e. The molecule has 1 rings (SSSR count). The van der Waals surface area contributed by atoms with Crippen LogP contribution in [0, 0.1) is 6.92 Å². The van der Waals surface area contributed by atoms with E-state index >= 15 is 0 Å². The van der Waals surface area contributed by atoms with Crippen LogP contribution in [0.25, 0.3) is 0 Å². The first kappa shape index (κ1) is 12.7. The summed E-state index contributed by atoms with van der Waals surface area (Å²) in [6.07, 6.45) is 0.624. The summed E-state index contributed by atoms with van der Waals surface area (Å²) in [4.78, 5) is 22.1. The van der Waals surface area contributed by atoms with E-state index in [2.05, 4.69) is 0 Å². The second-order valence-corrected chi connectivity index (χ2v) is 3.99. The Hall–Kier alpha value is -1.35. The van der Waals surface area contributed by atoms with E-state index in [9.17, 15) is 9.59 Å². The van der Waals surface area contributed by atoms with E-state index in [0.29, 0.717) is 17.0 Å². The van der Waals surface area contributed by atoms with Crippen LogP contribution in [-0.4, -0.2) is 16.9 Å². The van der Waals surface area contributed by atoms with Gasteiger partial charge >= 0.3 is 5.97 Å². The molecule has 86 valence electrons. The maximum atomic E-state index is 11.7. The first-order valence-electron chi connectivity index (χ1n) is 5.02. The number of carboxylic acids is 1. The topological polar surface area (TPSA) is 54.4 Å². The monoisotopic (exact) mass is 240 g/mol. The average molecular weight is 241 g/mol. The zero-order chi connectivity index (χ0) is 12.1. The Kier molecular flexibility index (Phi) is 4.50. The number of carbonyl (C=O) groups is 2. The first-order valence-corrected chi connectivity index (χ1v) is 5.40. The molecule has 1 N–H and O–H groups in total. The summed E-state index contributed by atoms with van der Waals surface area (Å²) >= 11 is 5.90. The zero-order valence-electron chi connectivity index (χ0n) is 9.00. The molecule has 3 nitrogen and oxygen atoms in total. The third kappa shape index (κ3) is 3.35. The highest BCUT2D eigenvalue weighted by molar-refractivity contribution is 6.31. The Balaban J connectivity index is 2.66. The Morgan fingerprint density at radius 3 is 2.62 bits per heavy atom.